The van der Waals surface area contributed by atoms with Gasteiger partial charge in [-0.05, 0) is 42.3 Å². The summed E-state index contributed by atoms with van der Waals surface area (Å²) in [6, 6.07) is 17.1. The Bertz CT molecular complexity index is 936. The maximum absolute atomic E-state index is 13.5. The second-order valence-corrected chi connectivity index (χ2v) is 7.08. The second-order valence-electron chi connectivity index (χ2n) is 7.08. The number of nitrogens with zero attached hydrogens (tertiary/aromatic N) is 2. The summed E-state index contributed by atoms with van der Waals surface area (Å²) in [5.41, 5.74) is 3.43. The number of hydrogen-bond donors (Lipinski definition) is 0. The van der Waals surface area contributed by atoms with Gasteiger partial charge in [-0.3, -0.25) is 4.90 Å². The Hall–Kier alpha value is -2.79. The maximum Gasteiger partial charge on any atom is 0.127 e. The van der Waals surface area contributed by atoms with E-state index in [9.17, 15) is 4.39 Å². The lowest BCUT2D eigenvalue weighted by Crippen LogP contribution is -2.29. The molecule has 0 amide bonds. The van der Waals surface area contributed by atoms with E-state index in [-0.39, 0.29) is 11.9 Å². The number of halogens is 1. The van der Waals surface area contributed by atoms with Crippen LogP contribution in [0.15, 0.2) is 60.8 Å². The average Bonchev–Trinajstić information content (AvgIpc) is 3.11. The zero-order chi connectivity index (χ0) is 19.5. The highest BCUT2D eigenvalue weighted by Crippen LogP contribution is 2.35. The van der Waals surface area contributed by atoms with Gasteiger partial charge >= 0.3 is 0 Å². The van der Waals surface area contributed by atoms with Gasteiger partial charge in [-0.1, -0.05) is 18.2 Å². The number of rotatable bonds is 5. The minimum Gasteiger partial charge on any atom is -0.497 e. The molecule has 28 heavy (non-hydrogen) atoms. The van der Waals surface area contributed by atoms with E-state index < -0.39 is 0 Å². The van der Waals surface area contributed by atoms with Crippen LogP contribution in [0.4, 0.5) is 4.39 Å². The van der Waals surface area contributed by atoms with E-state index in [2.05, 4.69) is 33.9 Å². The van der Waals surface area contributed by atoms with Crippen molar-refractivity contribution in [3.63, 3.8) is 0 Å². The molecule has 5 heteroatoms. The summed E-state index contributed by atoms with van der Waals surface area (Å²) in [6.45, 7) is 2.66. The summed E-state index contributed by atoms with van der Waals surface area (Å²) in [5.74, 6) is 1.38. The van der Waals surface area contributed by atoms with Crippen molar-refractivity contribution in [1.82, 2.24) is 9.47 Å². The minimum absolute atomic E-state index is 0.0601. The first kappa shape index (κ1) is 18.6. The first-order valence-electron chi connectivity index (χ1n) is 9.55. The van der Waals surface area contributed by atoms with Crippen LogP contribution in [0.1, 0.15) is 29.3 Å². The SMILES string of the molecule is COc1ccc(CN2CCCn3cccc3C2c2ccc(F)cc2)c(OC)c1. The van der Waals surface area contributed by atoms with Gasteiger partial charge in [0.2, 0.25) is 0 Å². The van der Waals surface area contributed by atoms with E-state index in [0.717, 1.165) is 48.7 Å². The van der Waals surface area contributed by atoms with Crippen molar-refractivity contribution in [3.05, 3.63) is 83.4 Å². The topological polar surface area (TPSA) is 26.6 Å². The van der Waals surface area contributed by atoms with E-state index in [4.69, 9.17) is 9.47 Å². The van der Waals surface area contributed by atoms with Crippen molar-refractivity contribution < 1.29 is 13.9 Å². The number of aryl methyl sites for hydroxylation is 1. The molecule has 0 radical (unpaired) electrons. The zero-order valence-corrected chi connectivity index (χ0v) is 16.3. The Morgan fingerprint density at radius 2 is 1.82 bits per heavy atom. The van der Waals surface area contributed by atoms with Crippen molar-refractivity contribution in [3.8, 4) is 11.5 Å². The van der Waals surface area contributed by atoms with Gasteiger partial charge in [0.25, 0.3) is 0 Å². The fraction of sp³-hybridized carbons (Fsp3) is 0.304. The van der Waals surface area contributed by atoms with Gasteiger partial charge in [-0.15, -0.1) is 0 Å². The van der Waals surface area contributed by atoms with Gasteiger partial charge in [-0.2, -0.15) is 0 Å². The smallest absolute Gasteiger partial charge is 0.127 e. The van der Waals surface area contributed by atoms with Gasteiger partial charge in [0.05, 0.1) is 20.3 Å². The molecule has 2 aromatic carbocycles. The highest BCUT2D eigenvalue weighted by atomic mass is 19.1. The largest absolute Gasteiger partial charge is 0.497 e. The van der Waals surface area contributed by atoms with Gasteiger partial charge in [-0.25, -0.2) is 4.39 Å². The molecule has 0 saturated carbocycles. The van der Waals surface area contributed by atoms with Crippen LogP contribution in [0.2, 0.25) is 0 Å². The molecule has 146 valence electrons. The van der Waals surface area contributed by atoms with Crippen molar-refractivity contribution in [2.45, 2.75) is 25.6 Å². The number of benzene rings is 2. The Morgan fingerprint density at radius 3 is 2.57 bits per heavy atom. The van der Waals surface area contributed by atoms with Crippen molar-refractivity contribution in [2.24, 2.45) is 0 Å². The molecule has 0 fully saturated rings. The summed E-state index contributed by atoms with van der Waals surface area (Å²) in [7, 11) is 3.34. The van der Waals surface area contributed by atoms with Crippen molar-refractivity contribution in [2.75, 3.05) is 20.8 Å². The van der Waals surface area contributed by atoms with Crippen LogP contribution in [-0.2, 0) is 13.1 Å². The van der Waals surface area contributed by atoms with Crippen molar-refractivity contribution in [1.29, 1.82) is 0 Å². The number of ether oxygens (including phenoxy) is 2. The van der Waals surface area contributed by atoms with E-state index in [1.54, 1.807) is 26.4 Å². The van der Waals surface area contributed by atoms with Crippen LogP contribution in [0, 0.1) is 5.82 Å². The van der Waals surface area contributed by atoms with Gasteiger partial charge in [0, 0.05) is 43.2 Å². The third-order valence-corrected chi connectivity index (χ3v) is 5.41. The predicted molar refractivity (Wildman–Crippen MR) is 107 cm³/mol. The number of aromatic nitrogens is 1. The van der Waals surface area contributed by atoms with Crippen LogP contribution >= 0.6 is 0 Å². The lowest BCUT2D eigenvalue weighted by Gasteiger charge is -2.31. The highest BCUT2D eigenvalue weighted by molar-refractivity contribution is 5.41. The summed E-state index contributed by atoms with van der Waals surface area (Å²) < 4.78 is 26.8. The Labute approximate surface area is 165 Å². The van der Waals surface area contributed by atoms with Gasteiger partial charge < -0.3 is 14.0 Å². The molecule has 3 aromatic rings. The average molecular weight is 380 g/mol. The third kappa shape index (κ3) is 3.62. The Morgan fingerprint density at radius 1 is 1.00 bits per heavy atom. The van der Waals surface area contributed by atoms with E-state index in [1.807, 2.05) is 24.3 Å². The molecule has 1 aromatic heterocycles. The summed E-state index contributed by atoms with van der Waals surface area (Å²) >= 11 is 0. The van der Waals surface area contributed by atoms with Crippen LogP contribution in [0.25, 0.3) is 0 Å². The summed E-state index contributed by atoms with van der Waals surface area (Å²) in [5, 5.41) is 0. The predicted octanol–water partition coefficient (Wildman–Crippen LogP) is 4.64. The minimum atomic E-state index is -0.212. The molecule has 1 aliphatic rings. The molecule has 1 unspecified atom stereocenters. The number of methoxy groups -OCH3 is 2. The molecule has 4 nitrogen and oxygen atoms in total. The van der Waals surface area contributed by atoms with E-state index in [1.165, 1.54) is 5.69 Å². The number of fused-ring (bicyclic) bond motifs is 1. The highest BCUT2D eigenvalue weighted by Gasteiger charge is 2.28. The number of hydrogen-bond acceptors (Lipinski definition) is 3. The normalized spacial score (nSPS) is 17.0. The lowest BCUT2D eigenvalue weighted by molar-refractivity contribution is 0.217. The van der Waals surface area contributed by atoms with Crippen LogP contribution < -0.4 is 9.47 Å². The standard InChI is InChI=1S/C23H25FN2O2/c1-27-20-11-8-18(22(15-20)28-2)16-26-14-4-13-25-12-3-5-21(25)23(26)17-6-9-19(24)10-7-17/h3,5-12,15,23H,4,13-14,16H2,1-2H3. The molecule has 1 aliphatic heterocycles. The van der Waals surface area contributed by atoms with Crippen molar-refractivity contribution >= 4 is 0 Å². The summed E-state index contributed by atoms with van der Waals surface area (Å²) in [4.78, 5) is 2.44. The maximum atomic E-state index is 13.5. The molecule has 0 N–H and O–H groups in total. The molecule has 4 rings (SSSR count). The molecule has 0 bridgehead atoms. The fourth-order valence-electron chi connectivity index (χ4n) is 4.04. The lowest BCUT2D eigenvalue weighted by atomic mass is 10.0. The van der Waals surface area contributed by atoms with Gasteiger partial charge in [0.15, 0.2) is 0 Å². The van der Waals surface area contributed by atoms with Crippen LogP contribution in [-0.4, -0.2) is 30.2 Å². The van der Waals surface area contributed by atoms with Crippen LogP contribution in [0.3, 0.4) is 0 Å². The quantitative estimate of drug-likeness (QED) is 0.645. The van der Waals surface area contributed by atoms with E-state index >= 15 is 0 Å². The monoisotopic (exact) mass is 380 g/mol. The second kappa shape index (κ2) is 8.07. The third-order valence-electron chi connectivity index (χ3n) is 5.41. The van der Waals surface area contributed by atoms with Crippen LogP contribution in [0.5, 0.6) is 11.5 Å². The first-order valence-corrected chi connectivity index (χ1v) is 9.55. The molecule has 0 saturated heterocycles. The fourth-order valence-corrected chi connectivity index (χ4v) is 4.04. The molecular weight excluding hydrogens is 355 g/mol. The van der Waals surface area contributed by atoms with Gasteiger partial charge in [0.1, 0.15) is 17.3 Å². The molecule has 1 atom stereocenters. The van der Waals surface area contributed by atoms with E-state index in [0.29, 0.717) is 0 Å². The molecule has 2 heterocycles. The molecule has 0 aliphatic carbocycles. The first-order chi connectivity index (χ1) is 13.7. The molecular formula is C23H25FN2O2. The zero-order valence-electron chi connectivity index (χ0n) is 16.3. The molecule has 0 spiro atoms. The Balaban J connectivity index is 1.73. The Kier molecular flexibility index (Phi) is 5.35. The summed E-state index contributed by atoms with van der Waals surface area (Å²) in [6.07, 6.45) is 3.18.